The molecule has 0 unspecified atom stereocenters. The smallest absolute Gasteiger partial charge is 0.162 e. The van der Waals surface area contributed by atoms with Gasteiger partial charge < -0.3 is 19.3 Å². The molecule has 0 saturated heterocycles. The first-order valence-electron chi connectivity index (χ1n) is 10.1. The van der Waals surface area contributed by atoms with Gasteiger partial charge in [0.15, 0.2) is 23.0 Å². The van der Waals surface area contributed by atoms with E-state index >= 15 is 0 Å². The number of nitrogens with zero attached hydrogens (tertiary/aromatic N) is 1. The maximum absolute atomic E-state index is 10.0. The van der Waals surface area contributed by atoms with Gasteiger partial charge in [0.25, 0.3) is 0 Å². The molecule has 6 nitrogen and oxygen atoms in total. The molecule has 0 radical (unpaired) electrons. The second-order valence-corrected chi connectivity index (χ2v) is 7.10. The zero-order valence-corrected chi connectivity index (χ0v) is 18.0. The molecule has 1 aromatic heterocycles. The molecule has 0 aliphatic heterocycles. The van der Waals surface area contributed by atoms with Crippen molar-refractivity contribution in [2.45, 2.75) is 0 Å². The molecule has 162 valence electrons. The van der Waals surface area contributed by atoms with E-state index in [2.05, 4.69) is 16.8 Å². The lowest BCUT2D eigenvalue weighted by Gasteiger charge is -2.09. The number of aromatic amines is 1. The predicted molar refractivity (Wildman–Crippen MR) is 127 cm³/mol. The van der Waals surface area contributed by atoms with E-state index in [-0.39, 0.29) is 5.75 Å². The van der Waals surface area contributed by atoms with Gasteiger partial charge in [-0.15, -0.1) is 0 Å². The van der Waals surface area contributed by atoms with Crippen LogP contribution < -0.4 is 14.2 Å². The second kappa shape index (κ2) is 9.31. The standard InChI is InChI=1S/C26H24N2O4/c1-4-13-32-25-16-19(8-11-23(25)29)18-7-9-20-21(27-28-22(20)15-18)10-5-17-6-12-24(30-2)26(14-17)31-3/h4-12,14-16,29H,1,13H2,2-3H3,(H,27,28). The molecule has 1 heterocycles. The summed E-state index contributed by atoms with van der Waals surface area (Å²) in [7, 11) is 3.23. The van der Waals surface area contributed by atoms with Crippen LogP contribution in [0.2, 0.25) is 0 Å². The van der Waals surface area contributed by atoms with Gasteiger partial charge in [-0.3, -0.25) is 5.10 Å². The Morgan fingerprint density at radius 3 is 2.47 bits per heavy atom. The topological polar surface area (TPSA) is 76.6 Å². The number of benzene rings is 3. The minimum Gasteiger partial charge on any atom is -0.504 e. The third kappa shape index (κ3) is 4.30. The lowest BCUT2D eigenvalue weighted by molar-refractivity contribution is 0.336. The second-order valence-electron chi connectivity index (χ2n) is 7.10. The highest BCUT2D eigenvalue weighted by Gasteiger charge is 2.09. The molecule has 4 aromatic rings. The minimum absolute atomic E-state index is 0.0980. The lowest BCUT2D eigenvalue weighted by Crippen LogP contribution is -1.93. The van der Waals surface area contributed by atoms with Crippen LogP contribution in [0.25, 0.3) is 34.2 Å². The number of rotatable bonds is 8. The summed E-state index contributed by atoms with van der Waals surface area (Å²) in [6, 6.07) is 17.1. The molecule has 2 N–H and O–H groups in total. The molecule has 0 bridgehead atoms. The van der Waals surface area contributed by atoms with Crippen molar-refractivity contribution >= 4 is 23.1 Å². The van der Waals surface area contributed by atoms with Crippen molar-refractivity contribution in [3.05, 3.63) is 78.5 Å². The van der Waals surface area contributed by atoms with E-state index in [9.17, 15) is 5.11 Å². The molecule has 0 saturated carbocycles. The molecule has 0 atom stereocenters. The number of ether oxygens (including phenoxy) is 3. The van der Waals surface area contributed by atoms with Crippen LogP contribution in [-0.4, -0.2) is 36.1 Å². The molecule has 4 rings (SSSR count). The van der Waals surface area contributed by atoms with Crippen molar-refractivity contribution in [3.63, 3.8) is 0 Å². The first-order chi connectivity index (χ1) is 15.6. The van der Waals surface area contributed by atoms with E-state index in [0.717, 1.165) is 33.3 Å². The third-order valence-electron chi connectivity index (χ3n) is 5.08. The fourth-order valence-electron chi connectivity index (χ4n) is 3.44. The lowest BCUT2D eigenvalue weighted by atomic mass is 10.0. The van der Waals surface area contributed by atoms with Crippen LogP contribution in [0.15, 0.2) is 67.3 Å². The Kier molecular flexibility index (Phi) is 6.12. The Hall–Kier alpha value is -4.19. The summed E-state index contributed by atoms with van der Waals surface area (Å²) in [5, 5.41) is 18.6. The fourth-order valence-corrected chi connectivity index (χ4v) is 3.44. The minimum atomic E-state index is 0.0980. The number of aromatic hydroxyl groups is 1. The van der Waals surface area contributed by atoms with Crippen molar-refractivity contribution in [1.29, 1.82) is 0 Å². The van der Waals surface area contributed by atoms with Crippen LogP contribution in [0.3, 0.4) is 0 Å². The predicted octanol–water partition coefficient (Wildman–Crippen LogP) is 5.69. The zero-order valence-electron chi connectivity index (χ0n) is 18.0. The number of H-pyrrole nitrogens is 1. The highest BCUT2D eigenvalue weighted by Crippen LogP contribution is 2.33. The molecular weight excluding hydrogens is 404 g/mol. The fraction of sp³-hybridized carbons (Fsp3) is 0.115. The Labute approximate surface area is 186 Å². The largest absolute Gasteiger partial charge is 0.504 e. The van der Waals surface area contributed by atoms with E-state index in [1.54, 1.807) is 26.4 Å². The first-order valence-corrected chi connectivity index (χ1v) is 10.1. The molecule has 3 aromatic carbocycles. The number of hydrogen-bond donors (Lipinski definition) is 2. The molecule has 32 heavy (non-hydrogen) atoms. The summed E-state index contributed by atoms with van der Waals surface area (Å²) in [4.78, 5) is 0. The van der Waals surface area contributed by atoms with Crippen LogP contribution in [0, 0.1) is 0 Å². The van der Waals surface area contributed by atoms with Gasteiger partial charge in [0.1, 0.15) is 6.61 Å². The van der Waals surface area contributed by atoms with Crippen molar-refractivity contribution in [2.24, 2.45) is 0 Å². The van der Waals surface area contributed by atoms with Crippen LogP contribution in [0.5, 0.6) is 23.0 Å². The van der Waals surface area contributed by atoms with Crippen molar-refractivity contribution in [1.82, 2.24) is 10.2 Å². The number of hydrogen-bond acceptors (Lipinski definition) is 5. The maximum atomic E-state index is 10.0. The Morgan fingerprint density at radius 2 is 1.69 bits per heavy atom. The van der Waals surface area contributed by atoms with Crippen LogP contribution in [-0.2, 0) is 0 Å². The van der Waals surface area contributed by atoms with E-state index in [4.69, 9.17) is 14.2 Å². The number of nitrogens with one attached hydrogen (secondary N) is 1. The van der Waals surface area contributed by atoms with E-state index in [0.29, 0.717) is 23.9 Å². The van der Waals surface area contributed by atoms with Crippen molar-refractivity contribution in [3.8, 4) is 34.1 Å². The summed E-state index contributed by atoms with van der Waals surface area (Å²) < 4.78 is 16.2. The summed E-state index contributed by atoms with van der Waals surface area (Å²) in [5.74, 6) is 1.89. The molecule has 0 aliphatic rings. The van der Waals surface area contributed by atoms with E-state index in [1.165, 1.54) is 0 Å². The molecule has 0 aliphatic carbocycles. The average molecular weight is 428 g/mol. The summed E-state index contributed by atoms with van der Waals surface area (Å²) >= 11 is 0. The van der Waals surface area contributed by atoms with E-state index in [1.807, 2.05) is 60.7 Å². The van der Waals surface area contributed by atoms with Gasteiger partial charge in [-0.2, -0.15) is 5.10 Å². The molecule has 0 fully saturated rings. The number of phenolic OH excluding ortho intramolecular Hbond substituents is 1. The summed E-state index contributed by atoms with van der Waals surface area (Å²) in [6.45, 7) is 3.96. The van der Waals surface area contributed by atoms with Crippen LogP contribution in [0.4, 0.5) is 0 Å². The van der Waals surface area contributed by atoms with Crippen molar-refractivity contribution < 1.29 is 19.3 Å². The monoisotopic (exact) mass is 428 g/mol. The molecule has 6 heteroatoms. The maximum Gasteiger partial charge on any atom is 0.162 e. The van der Waals surface area contributed by atoms with Gasteiger partial charge in [0.05, 0.1) is 25.4 Å². The average Bonchev–Trinajstić information content (AvgIpc) is 3.24. The van der Waals surface area contributed by atoms with Crippen LogP contribution in [0.1, 0.15) is 11.3 Å². The normalized spacial score (nSPS) is 11.1. The van der Waals surface area contributed by atoms with Gasteiger partial charge in [-0.1, -0.05) is 36.9 Å². The quantitative estimate of drug-likeness (QED) is 0.353. The first kappa shape index (κ1) is 21.1. The number of phenols is 1. The Morgan fingerprint density at radius 1 is 0.906 bits per heavy atom. The highest BCUT2D eigenvalue weighted by atomic mass is 16.5. The van der Waals surface area contributed by atoms with Crippen LogP contribution >= 0.6 is 0 Å². The third-order valence-corrected chi connectivity index (χ3v) is 5.08. The summed E-state index contributed by atoms with van der Waals surface area (Å²) in [5.41, 5.74) is 4.64. The molecule has 0 amide bonds. The number of fused-ring (bicyclic) bond motifs is 1. The Bertz CT molecular complexity index is 1290. The number of methoxy groups -OCH3 is 2. The van der Waals surface area contributed by atoms with E-state index < -0.39 is 0 Å². The van der Waals surface area contributed by atoms with Gasteiger partial charge in [0.2, 0.25) is 0 Å². The van der Waals surface area contributed by atoms with Gasteiger partial charge in [-0.05, 0) is 59.2 Å². The van der Waals surface area contributed by atoms with Crippen molar-refractivity contribution in [2.75, 3.05) is 20.8 Å². The van der Waals surface area contributed by atoms with Gasteiger partial charge in [0, 0.05) is 5.39 Å². The number of aromatic nitrogens is 2. The summed E-state index contributed by atoms with van der Waals surface area (Å²) in [6.07, 6.45) is 5.58. The Balaban J connectivity index is 1.61. The van der Waals surface area contributed by atoms with Gasteiger partial charge >= 0.3 is 0 Å². The molecule has 0 spiro atoms. The van der Waals surface area contributed by atoms with Gasteiger partial charge in [-0.25, -0.2) is 0 Å². The SMILES string of the molecule is C=CCOc1cc(-c2ccc3c(C=Cc4ccc(OC)c(OC)c4)n[nH]c3c2)ccc1O. The zero-order chi connectivity index (χ0) is 22.5. The highest BCUT2D eigenvalue weighted by molar-refractivity contribution is 5.92. The molecular formula is C26H24N2O4.